The minimum Gasteiger partial charge on any atom is -0.307 e. The highest BCUT2D eigenvalue weighted by Crippen LogP contribution is 2.40. The summed E-state index contributed by atoms with van der Waals surface area (Å²) in [6.07, 6.45) is 4.38. The Morgan fingerprint density at radius 3 is 2.95 bits per heavy atom. The Hall–Kier alpha value is -1.81. The van der Waals surface area contributed by atoms with Crippen molar-refractivity contribution in [1.29, 1.82) is 0 Å². The number of rotatable bonds is 3. The molecule has 0 amide bonds. The van der Waals surface area contributed by atoms with Crippen LogP contribution in [0.15, 0.2) is 42.6 Å². The van der Waals surface area contributed by atoms with Gasteiger partial charge in [-0.2, -0.15) is 11.8 Å². The summed E-state index contributed by atoms with van der Waals surface area (Å²) in [4.78, 5) is 9.49. The second-order valence-corrected chi connectivity index (χ2v) is 7.14. The van der Waals surface area contributed by atoms with Crippen LogP contribution in [0.25, 0.3) is 11.2 Å². The molecule has 1 aliphatic heterocycles. The zero-order valence-electron chi connectivity index (χ0n) is 12.7. The molecule has 1 unspecified atom stereocenters. The van der Waals surface area contributed by atoms with Gasteiger partial charge in [-0.1, -0.05) is 24.3 Å². The van der Waals surface area contributed by atoms with Gasteiger partial charge in [0.05, 0.1) is 11.8 Å². The summed E-state index contributed by atoms with van der Waals surface area (Å²) in [5, 5.41) is 0.512. The molecule has 1 aromatic carbocycles. The van der Waals surface area contributed by atoms with E-state index in [1.54, 1.807) is 0 Å². The molecule has 0 bridgehead atoms. The highest BCUT2D eigenvalue weighted by Gasteiger charge is 2.24. The van der Waals surface area contributed by atoms with Crippen molar-refractivity contribution in [3.05, 3.63) is 59.5 Å². The molecule has 3 heterocycles. The van der Waals surface area contributed by atoms with E-state index in [4.69, 9.17) is 4.98 Å². The summed E-state index contributed by atoms with van der Waals surface area (Å²) in [5.41, 5.74) is 4.69. The molecule has 22 heavy (non-hydrogen) atoms. The highest BCUT2D eigenvalue weighted by atomic mass is 32.2. The molecule has 1 saturated heterocycles. The molecule has 3 nitrogen and oxygen atoms in total. The average Bonchev–Trinajstić information content (AvgIpc) is 3.17. The molecule has 1 aliphatic rings. The van der Waals surface area contributed by atoms with Crippen LogP contribution in [0, 0.1) is 6.92 Å². The smallest absolute Gasteiger partial charge is 0.160 e. The predicted octanol–water partition coefficient (Wildman–Crippen LogP) is 4.36. The molecule has 3 aromatic rings. The van der Waals surface area contributed by atoms with Crippen molar-refractivity contribution >= 4 is 22.9 Å². The fourth-order valence-electron chi connectivity index (χ4n) is 3.12. The van der Waals surface area contributed by atoms with E-state index in [-0.39, 0.29) is 0 Å². The van der Waals surface area contributed by atoms with Crippen molar-refractivity contribution in [2.24, 2.45) is 0 Å². The van der Waals surface area contributed by atoms with Gasteiger partial charge in [0, 0.05) is 6.20 Å². The lowest BCUT2D eigenvalue weighted by atomic mass is 10.1. The first-order valence-corrected chi connectivity index (χ1v) is 8.85. The molecule has 0 aliphatic carbocycles. The first-order chi connectivity index (χ1) is 10.8. The number of aromatic nitrogens is 3. The summed E-state index contributed by atoms with van der Waals surface area (Å²) < 4.78 is 2.32. The van der Waals surface area contributed by atoms with Gasteiger partial charge in [-0.15, -0.1) is 0 Å². The van der Waals surface area contributed by atoms with Gasteiger partial charge < -0.3 is 4.57 Å². The summed E-state index contributed by atoms with van der Waals surface area (Å²) in [6, 6.07) is 12.6. The molecule has 0 radical (unpaired) electrons. The van der Waals surface area contributed by atoms with Gasteiger partial charge in [0.25, 0.3) is 0 Å². The van der Waals surface area contributed by atoms with Crippen LogP contribution in [0.5, 0.6) is 0 Å². The second-order valence-electron chi connectivity index (χ2n) is 5.83. The van der Waals surface area contributed by atoms with E-state index in [2.05, 4.69) is 46.8 Å². The van der Waals surface area contributed by atoms with Gasteiger partial charge in [0.15, 0.2) is 5.65 Å². The quantitative estimate of drug-likeness (QED) is 0.720. The van der Waals surface area contributed by atoms with Crippen LogP contribution < -0.4 is 0 Å². The number of hydrogen-bond donors (Lipinski definition) is 0. The number of fused-ring (bicyclic) bond motifs is 1. The van der Waals surface area contributed by atoms with Gasteiger partial charge in [-0.3, -0.25) is 0 Å². The number of nitrogens with zero attached hydrogens (tertiary/aromatic N) is 3. The third-order valence-electron chi connectivity index (χ3n) is 4.34. The molecular weight excluding hydrogens is 290 g/mol. The van der Waals surface area contributed by atoms with E-state index in [0.29, 0.717) is 5.25 Å². The van der Waals surface area contributed by atoms with Crippen LogP contribution in [0.3, 0.4) is 0 Å². The van der Waals surface area contributed by atoms with Crippen LogP contribution >= 0.6 is 11.8 Å². The van der Waals surface area contributed by atoms with Gasteiger partial charge >= 0.3 is 0 Å². The molecular formula is C18H19N3S. The molecule has 0 saturated carbocycles. The summed E-state index contributed by atoms with van der Waals surface area (Å²) in [7, 11) is 0. The van der Waals surface area contributed by atoms with Crippen LogP contribution in [0.1, 0.15) is 35.0 Å². The first-order valence-electron chi connectivity index (χ1n) is 7.80. The van der Waals surface area contributed by atoms with Crippen molar-refractivity contribution in [3.8, 4) is 0 Å². The number of imidazole rings is 1. The van der Waals surface area contributed by atoms with Gasteiger partial charge in [-0.05, 0) is 48.8 Å². The maximum Gasteiger partial charge on any atom is 0.160 e. The number of benzene rings is 1. The Morgan fingerprint density at radius 2 is 2.14 bits per heavy atom. The molecule has 2 aromatic heterocycles. The third-order valence-corrected chi connectivity index (χ3v) is 5.71. The van der Waals surface area contributed by atoms with Crippen LogP contribution in [0.4, 0.5) is 0 Å². The normalized spacial score (nSPS) is 18.1. The number of hydrogen-bond acceptors (Lipinski definition) is 3. The summed E-state index contributed by atoms with van der Waals surface area (Å²) in [5.74, 6) is 2.44. The lowest BCUT2D eigenvalue weighted by Crippen LogP contribution is -2.08. The van der Waals surface area contributed by atoms with E-state index < -0.39 is 0 Å². The highest BCUT2D eigenvalue weighted by molar-refractivity contribution is 7.99. The minimum atomic E-state index is 0.512. The topological polar surface area (TPSA) is 30.7 Å². The van der Waals surface area contributed by atoms with Crippen LogP contribution in [-0.2, 0) is 6.54 Å². The zero-order chi connectivity index (χ0) is 14.9. The zero-order valence-corrected chi connectivity index (χ0v) is 13.5. The maximum absolute atomic E-state index is 4.90. The fraction of sp³-hybridized carbons (Fsp3) is 0.333. The monoisotopic (exact) mass is 309 g/mol. The Kier molecular flexibility index (Phi) is 3.62. The summed E-state index contributed by atoms with van der Waals surface area (Å²) in [6.45, 7) is 3.03. The van der Waals surface area contributed by atoms with E-state index in [0.717, 1.165) is 17.7 Å². The predicted molar refractivity (Wildman–Crippen MR) is 92.2 cm³/mol. The Balaban J connectivity index is 1.83. The SMILES string of the molecule is Cc1ccccc1Cn1c(C2CCCS2)nc2cccnc21. The van der Waals surface area contributed by atoms with E-state index in [1.807, 2.05) is 24.0 Å². The van der Waals surface area contributed by atoms with Crippen LogP contribution in [0.2, 0.25) is 0 Å². The standard InChI is InChI=1S/C18H19N3S/c1-13-6-2-3-7-14(13)12-21-17-15(8-4-10-19-17)20-18(21)16-9-5-11-22-16/h2-4,6-8,10,16H,5,9,11-12H2,1H3. The van der Waals surface area contributed by atoms with Crippen molar-refractivity contribution in [3.63, 3.8) is 0 Å². The maximum atomic E-state index is 4.90. The molecule has 0 spiro atoms. The molecule has 1 fully saturated rings. The fourth-order valence-corrected chi connectivity index (χ4v) is 4.40. The Bertz CT molecular complexity index is 803. The first kappa shape index (κ1) is 13.8. The van der Waals surface area contributed by atoms with E-state index in [9.17, 15) is 0 Å². The lowest BCUT2D eigenvalue weighted by Gasteiger charge is -2.14. The average molecular weight is 309 g/mol. The van der Waals surface area contributed by atoms with E-state index in [1.165, 1.54) is 35.5 Å². The largest absolute Gasteiger partial charge is 0.307 e. The molecule has 0 N–H and O–H groups in total. The molecule has 4 heteroatoms. The molecule has 4 rings (SSSR count). The number of pyridine rings is 1. The number of thioether (sulfide) groups is 1. The van der Waals surface area contributed by atoms with Crippen molar-refractivity contribution in [1.82, 2.24) is 14.5 Å². The Labute approximate surface area is 134 Å². The van der Waals surface area contributed by atoms with Gasteiger partial charge in [-0.25, -0.2) is 9.97 Å². The van der Waals surface area contributed by atoms with Crippen molar-refractivity contribution in [2.75, 3.05) is 5.75 Å². The summed E-state index contributed by atoms with van der Waals surface area (Å²) >= 11 is 2.03. The Morgan fingerprint density at radius 1 is 1.23 bits per heavy atom. The van der Waals surface area contributed by atoms with Gasteiger partial charge in [0.1, 0.15) is 11.3 Å². The van der Waals surface area contributed by atoms with Crippen molar-refractivity contribution < 1.29 is 0 Å². The molecule has 112 valence electrons. The number of aryl methyl sites for hydroxylation is 1. The lowest BCUT2D eigenvalue weighted by molar-refractivity contribution is 0.695. The van der Waals surface area contributed by atoms with Crippen LogP contribution in [-0.4, -0.2) is 20.3 Å². The third kappa shape index (κ3) is 2.41. The second kappa shape index (κ2) is 5.76. The van der Waals surface area contributed by atoms with Gasteiger partial charge in [0.2, 0.25) is 0 Å². The van der Waals surface area contributed by atoms with Crippen molar-refractivity contribution in [2.45, 2.75) is 31.6 Å². The van der Waals surface area contributed by atoms with E-state index >= 15 is 0 Å². The molecule has 1 atom stereocenters. The minimum absolute atomic E-state index is 0.512.